The highest BCUT2D eigenvalue weighted by atomic mass is 35.5. The highest BCUT2D eigenvalue weighted by molar-refractivity contribution is 6.32. The van der Waals surface area contributed by atoms with E-state index in [-0.39, 0.29) is 10.7 Å². The fourth-order valence-electron chi connectivity index (χ4n) is 1.38. The third kappa shape index (κ3) is 2.25. The summed E-state index contributed by atoms with van der Waals surface area (Å²) in [5, 5.41) is 13.5. The van der Waals surface area contributed by atoms with E-state index in [1.54, 1.807) is 7.05 Å². The highest BCUT2D eigenvalue weighted by Gasteiger charge is 2.16. The Labute approximate surface area is 100 Å². The summed E-state index contributed by atoms with van der Waals surface area (Å²) in [5.41, 5.74) is -0.0664. The quantitative estimate of drug-likeness (QED) is 0.903. The van der Waals surface area contributed by atoms with Crippen molar-refractivity contribution in [3.63, 3.8) is 0 Å². The van der Waals surface area contributed by atoms with Crippen LogP contribution in [0, 0.1) is 11.6 Å². The summed E-state index contributed by atoms with van der Waals surface area (Å²) in [5.74, 6) is -1.20. The molecule has 0 amide bonds. The number of rotatable bonds is 3. The molecule has 0 saturated carbocycles. The zero-order valence-electron chi connectivity index (χ0n) is 8.78. The predicted molar refractivity (Wildman–Crippen MR) is 56.8 cm³/mol. The number of tetrazole rings is 1. The summed E-state index contributed by atoms with van der Waals surface area (Å²) < 4.78 is 27.7. The molecule has 0 fully saturated rings. The third-order valence-electron chi connectivity index (χ3n) is 2.06. The average Bonchev–Trinajstić information content (AvgIpc) is 2.65. The van der Waals surface area contributed by atoms with Gasteiger partial charge in [0.2, 0.25) is 0 Å². The van der Waals surface area contributed by atoms with E-state index in [4.69, 9.17) is 11.6 Å². The lowest BCUT2D eigenvalue weighted by molar-refractivity contribution is 0.567. The predicted octanol–water partition coefficient (Wildman–Crippen LogP) is 1.31. The van der Waals surface area contributed by atoms with E-state index in [1.165, 1.54) is 0 Å². The Morgan fingerprint density at radius 3 is 2.82 bits per heavy atom. The van der Waals surface area contributed by atoms with E-state index in [2.05, 4.69) is 20.8 Å². The molecule has 0 aliphatic rings. The van der Waals surface area contributed by atoms with E-state index in [0.717, 1.165) is 16.8 Å². The SMILES string of the molecule is CNCc1nnnn1-c1c(F)cc(F)cc1Cl. The van der Waals surface area contributed by atoms with Crippen molar-refractivity contribution in [2.75, 3.05) is 7.05 Å². The summed E-state index contributed by atoms with van der Waals surface area (Å²) >= 11 is 5.78. The Bertz CT molecular complexity index is 519. The molecule has 17 heavy (non-hydrogen) atoms. The van der Waals surface area contributed by atoms with Gasteiger partial charge in [0.1, 0.15) is 11.5 Å². The lowest BCUT2D eigenvalue weighted by Gasteiger charge is -2.07. The molecule has 2 aromatic rings. The molecule has 0 bridgehead atoms. The Hall–Kier alpha value is -1.60. The van der Waals surface area contributed by atoms with E-state index >= 15 is 0 Å². The van der Waals surface area contributed by atoms with Gasteiger partial charge in [-0.1, -0.05) is 11.6 Å². The van der Waals surface area contributed by atoms with Gasteiger partial charge in [-0.2, -0.15) is 4.68 Å². The van der Waals surface area contributed by atoms with Crippen molar-refractivity contribution in [1.29, 1.82) is 0 Å². The molecular formula is C9H8ClF2N5. The monoisotopic (exact) mass is 259 g/mol. The molecule has 5 nitrogen and oxygen atoms in total. The fourth-order valence-corrected chi connectivity index (χ4v) is 1.66. The summed E-state index contributed by atoms with van der Waals surface area (Å²) in [6, 6.07) is 1.73. The van der Waals surface area contributed by atoms with Crippen LogP contribution in [0.2, 0.25) is 5.02 Å². The van der Waals surface area contributed by atoms with Gasteiger partial charge in [0.25, 0.3) is 0 Å². The molecule has 1 aromatic carbocycles. The molecule has 1 N–H and O–H groups in total. The second-order valence-corrected chi connectivity index (χ2v) is 3.66. The van der Waals surface area contributed by atoms with Crippen molar-refractivity contribution in [2.24, 2.45) is 0 Å². The molecule has 0 aliphatic carbocycles. The summed E-state index contributed by atoms with van der Waals surface area (Å²) in [4.78, 5) is 0. The number of nitrogens with zero attached hydrogens (tertiary/aromatic N) is 4. The second-order valence-electron chi connectivity index (χ2n) is 3.26. The molecular weight excluding hydrogens is 252 g/mol. The molecule has 0 aliphatic heterocycles. The van der Waals surface area contributed by atoms with Crippen molar-refractivity contribution >= 4 is 11.6 Å². The molecule has 1 heterocycles. The van der Waals surface area contributed by atoms with Gasteiger partial charge in [-0.25, -0.2) is 8.78 Å². The molecule has 0 saturated heterocycles. The molecule has 1 aromatic heterocycles. The van der Waals surface area contributed by atoms with Gasteiger partial charge in [-0.3, -0.25) is 0 Å². The number of nitrogens with one attached hydrogen (secondary N) is 1. The van der Waals surface area contributed by atoms with Crippen molar-refractivity contribution < 1.29 is 8.78 Å². The standard InChI is InChI=1S/C9H8ClF2N5/c1-13-4-8-14-15-16-17(8)9-6(10)2-5(11)3-7(9)12/h2-3,13H,4H2,1H3. The minimum absolute atomic E-state index is 0.0664. The summed E-state index contributed by atoms with van der Waals surface area (Å²) in [6.07, 6.45) is 0. The van der Waals surface area contributed by atoms with Crippen molar-refractivity contribution in [2.45, 2.75) is 6.54 Å². The zero-order valence-corrected chi connectivity index (χ0v) is 9.54. The van der Waals surface area contributed by atoms with E-state index in [9.17, 15) is 8.78 Å². The van der Waals surface area contributed by atoms with Crippen LogP contribution in [-0.4, -0.2) is 27.3 Å². The Morgan fingerprint density at radius 1 is 1.41 bits per heavy atom. The van der Waals surface area contributed by atoms with Crippen LogP contribution in [-0.2, 0) is 6.54 Å². The normalized spacial score (nSPS) is 10.8. The van der Waals surface area contributed by atoms with Crippen molar-refractivity contribution in [3.05, 3.63) is 34.6 Å². The maximum Gasteiger partial charge on any atom is 0.170 e. The fraction of sp³-hybridized carbons (Fsp3) is 0.222. The van der Waals surface area contributed by atoms with Gasteiger partial charge in [0.15, 0.2) is 11.6 Å². The molecule has 0 spiro atoms. The molecule has 8 heteroatoms. The number of halogens is 3. The molecule has 0 radical (unpaired) electrons. The number of aromatic nitrogens is 4. The molecule has 0 atom stereocenters. The van der Waals surface area contributed by atoms with Crippen LogP contribution in [0.4, 0.5) is 8.78 Å². The number of benzene rings is 1. The largest absolute Gasteiger partial charge is 0.313 e. The van der Waals surface area contributed by atoms with Crippen LogP contribution in [0.3, 0.4) is 0 Å². The van der Waals surface area contributed by atoms with Crippen LogP contribution >= 0.6 is 11.6 Å². The molecule has 2 rings (SSSR count). The first-order chi connectivity index (χ1) is 8.13. The van der Waals surface area contributed by atoms with Crippen LogP contribution in [0.25, 0.3) is 5.69 Å². The van der Waals surface area contributed by atoms with Gasteiger partial charge in [0.05, 0.1) is 11.6 Å². The third-order valence-corrected chi connectivity index (χ3v) is 2.35. The van der Waals surface area contributed by atoms with Crippen LogP contribution in [0.1, 0.15) is 5.82 Å². The Morgan fingerprint density at radius 2 is 2.18 bits per heavy atom. The van der Waals surface area contributed by atoms with Gasteiger partial charge in [0, 0.05) is 6.07 Å². The van der Waals surface area contributed by atoms with Gasteiger partial charge < -0.3 is 5.32 Å². The molecule has 0 unspecified atom stereocenters. The van der Waals surface area contributed by atoms with Gasteiger partial charge in [-0.15, -0.1) is 5.10 Å². The maximum atomic E-state index is 13.6. The first kappa shape index (κ1) is 11.9. The number of hydrogen-bond acceptors (Lipinski definition) is 4. The van der Waals surface area contributed by atoms with Crippen LogP contribution < -0.4 is 5.32 Å². The smallest absolute Gasteiger partial charge is 0.170 e. The maximum absolute atomic E-state index is 13.6. The van der Waals surface area contributed by atoms with E-state index in [0.29, 0.717) is 12.4 Å². The van der Waals surface area contributed by atoms with Gasteiger partial charge in [-0.05, 0) is 23.5 Å². The first-order valence-electron chi connectivity index (χ1n) is 4.70. The zero-order chi connectivity index (χ0) is 12.4. The average molecular weight is 260 g/mol. The molecule has 90 valence electrons. The Balaban J connectivity index is 2.56. The summed E-state index contributed by atoms with van der Waals surface area (Å²) in [7, 11) is 1.70. The van der Waals surface area contributed by atoms with E-state index in [1.807, 2.05) is 0 Å². The second kappa shape index (κ2) is 4.72. The first-order valence-corrected chi connectivity index (χ1v) is 5.08. The van der Waals surface area contributed by atoms with Crippen molar-refractivity contribution in [1.82, 2.24) is 25.5 Å². The van der Waals surface area contributed by atoms with Crippen LogP contribution in [0.5, 0.6) is 0 Å². The lowest BCUT2D eigenvalue weighted by atomic mass is 10.3. The van der Waals surface area contributed by atoms with Crippen LogP contribution in [0.15, 0.2) is 12.1 Å². The lowest BCUT2D eigenvalue weighted by Crippen LogP contribution is -2.13. The topological polar surface area (TPSA) is 55.6 Å². The van der Waals surface area contributed by atoms with Gasteiger partial charge >= 0.3 is 0 Å². The Kier molecular flexibility index (Phi) is 3.30. The minimum Gasteiger partial charge on any atom is -0.313 e. The summed E-state index contributed by atoms with van der Waals surface area (Å²) in [6.45, 7) is 0.333. The van der Waals surface area contributed by atoms with E-state index < -0.39 is 11.6 Å². The van der Waals surface area contributed by atoms with Crippen molar-refractivity contribution in [3.8, 4) is 5.69 Å². The minimum atomic E-state index is -0.820. The highest BCUT2D eigenvalue weighted by Crippen LogP contribution is 2.24. The number of hydrogen-bond donors (Lipinski definition) is 1.